The molecule has 1 rings (SSSR count). The zero-order valence-corrected chi connectivity index (χ0v) is 10.1. The molecule has 0 bridgehead atoms. The fourth-order valence-corrected chi connectivity index (χ4v) is 1.30. The van der Waals surface area contributed by atoms with Crippen molar-refractivity contribution in [3.05, 3.63) is 29.8 Å². The number of benzene rings is 1. The van der Waals surface area contributed by atoms with Crippen LogP contribution in [-0.2, 0) is 4.74 Å². The minimum absolute atomic E-state index is 0.0842. The van der Waals surface area contributed by atoms with Crippen LogP contribution in [0.25, 0.3) is 0 Å². The molecule has 0 saturated heterocycles. The van der Waals surface area contributed by atoms with Gasteiger partial charge >= 0.3 is 0 Å². The molecule has 0 aliphatic carbocycles. The Labute approximate surface area is 97.0 Å². The van der Waals surface area contributed by atoms with E-state index in [0.717, 1.165) is 17.7 Å². The number of aliphatic hydroxyl groups excluding tert-OH is 1. The molecule has 1 aromatic carbocycles. The monoisotopic (exact) mass is 224 g/mol. The zero-order valence-electron chi connectivity index (χ0n) is 10.1. The predicted molar refractivity (Wildman–Crippen MR) is 63.7 cm³/mol. The summed E-state index contributed by atoms with van der Waals surface area (Å²) in [4.78, 5) is 0. The van der Waals surface area contributed by atoms with Crippen LogP contribution in [0.5, 0.6) is 5.75 Å². The van der Waals surface area contributed by atoms with Crippen LogP contribution < -0.4 is 4.74 Å². The first kappa shape index (κ1) is 13.0. The van der Waals surface area contributed by atoms with E-state index in [4.69, 9.17) is 9.47 Å². The van der Waals surface area contributed by atoms with Crippen LogP contribution in [-0.4, -0.2) is 24.9 Å². The summed E-state index contributed by atoms with van der Waals surface area (Å²) < 4.78 is 10.6. The molecule has 0 saturated carbocycles. The van der Waals surface area contributed by atoms with Gasteiger partial charge in [0.2, 0.25) is 0 Å². The van der Waals surface area contributed by atoms with Crippen LogP contribution in [0.2, 0.25) is 0 Å². The molecular formula is C13H20O3. The summed E-state index contributed by atoms with van der Waals surface area (Å²) in [5, 5.41) is 9.62. The quantitative estimate of drug-likeness (QED) is 0.807. The molecule has 0 aliphatic rings. The van der Waals surface area contributed by atoms with Gasteiger partial charge in [-0.05, 0) is 31.0 Å². The van der Waals surface area contributed by atoms with E-state index in [2.05, 4.69) is 0 Å². The highest BCUT2D eigenvalue weighted by atomic mass is 16.5. The molecule has 1 N–H and O–H groups in total. The summed E-state index contributed by atoms with van der Waals surface area (Å²) in [6, 6.07) is 7.52. The highest BCUT2D eigenvalue weighted by Crippen LogP contribution is 2.19. The Morgan fingerprint density at radius 1 is 1.25 bits per heavy atom. The molecule has 0 radical (unpaired) electrons. The van der Waals surface area contributed by atoms with E-state index in [1.807, 2.05) is 38.1 Å². The predicted octanol–water partition coefficient (Wildman–Crippen LogP) is 2.54. The Morgan fingerprint density at radius 3 is 2.38 bits per heavy atom. The second-order valence-corrected chi connectivity index (χ2v) is 3.85. The molecule has 3 nitrogen and oxygen atoms in total. The first-order valence-corrected chi connectivity index (χ1v) is 5.61. The van der Waals surface area contributed by atoms with Gasteiger partial charge < -0.3 is 14.6 Å². The molecule has 0 amide bonds. The molecule has 0 aromatic heterocycles. The van der Waals surface area contributed by atoms with Crippen molar-refractivity contribution < 1.29 is 14.6 Å². The van der Waals surface area contributed by atoms with E-state index in [0.29, 0.717) is 6.61 Å². The van der Waals surface area contributed by atoms with Crippen LogP contribution in [0.15, 0.2) is 24.3 Å². The fraction of sp³-hybridized carbons (Fsp3) is 0.538. The summed E-state index contributed by atoms with van der Waals surface area (Å²) in [7, 11) is 1.66. The number of methoxy groups -OCH3 is 1. The smallest absolute Gasteiger partial charge is 0.119 e. The number of hydrogen-bond acceptors (Lipinski definition) is 3. The van der Waals surface area contributed by atoms with Crippen LogP contribution in [0.1, 0.15) is 31.9 Å². The largest absolute Gasteiger partial charge is 0.491 e. The normalized spacial score (nSPS) is 14.5. The van der Waals surface area contributed by atoms with Gasteiger partial charge in [-0.2, -0.15) is 0 Å². The second kappa shape index (κ2) is 6.51. The van der Waals surface area contributed by atoms with Crippen molar-refractivity contribution in [2.75, 3.05) is 13.7 Å². The highest BCUT2D eigenvalue weighted by Gasteiger charge is 2.05. The third kappa shape index (κ3) is 3.83. The molecule has 1 aromatic rings. The fourth-order valence-electron chi connectivity index (χ4n) is 1.30. The molecular weight excluding hydrogens is 204 g/mol. The van der Waals surface area contributed by atoms with Gasteiger partial charge in [-0.1, -0.05) is 19.1 Å². The molecule has 16 heavy (non-hydrogen) atoms. The lowest BCUT2D eigenvalue weighted by Gasteiger charge is -2.12. The molecule has 3 heteroatoms. The number of rotatable bonds is 6. The number of hydrogen-bond donors (Lipinski definition) is 1. The van der Waals surface area contributed by atoms with Crippen LogP contribution in [0, 0.1) is 0 Å². The second-order valence-electron chi connectivity index (χ2n) is 3.85. The molecule has 0 spiro atoms. The SMILES string of the molecule is CC[C@@H](O)c1ccc(OCC(C)OC)cc1. The maximum Gasteiger partial charge on any atom is 0.119 e. The lowest BCUT2D eigenvalue weighted by atomic mass is 10.1. The van der Waals surface area contributed by atoms with Crippen LogP contribution >= 0.6 is 0 Å². The van der Waals surface area contributed by atoms with Gasteiger partial charge in [0.15, 0.2) is 0 Å². The van der Waals surface area contributed by atoms with E-state index in [1.165, 1.54) is 0 Å². The molecule has 2 atom stereocenters. The average Bonchev–Trinajstić information content (AvgIpc) is 2.35. The van der Waals surface area contributed by atoms with E-state index in [-0.39, 0.29) is 12.2 Å². The van der Waals surface area contributed by atoms with E-state index in [1.54, 1.807) is 7.11 Å². The Balaban J connectivity index is 2.51. The summed E-state index contributed by atoms with van der Waals surface area (Å²) in [5.41, 5.74) is 0.926. The molecule has 0 heterocycles. The molecule has 1 unspecified atom stereocenters. The maximum absolute atomic E-state index is 9.62. The van der Waals surface area contributed by atoms with Crippen molar-refractivity contribution in [3.63, 3.8) is 0 Å². The van der Waals surface area contributed by atoms with E-state index < -0.39 is 0 Å². The van der Waals surface area contributed by atoms with Crippen LogP contribution in [0.3, 0.4) is 0 Å². The number of aliphatic hydroxyl groups is 1. The zero-order chi connectivity index (χ0) is 12.0. The molecule has 0 fully saturated rings. The van der Waals surface area contributed by atoms with Crippen molar-refractivity contribution in [2.45, 2.75) is 32.5 Å². The Morgan fingerprint density at radius 2 is 1.88 bits per heavy atom. The van der Waals surface area contributed by atoms with Gasteiger partial charge in [0.25, 0.3) is 0 Å². The highest BCUT2D eigenvalue weighted by molar-refractivity contribution is 5.28. The van der Waals surface area contributed by atoms with Gasteiger partial charge in [-0.3, -0.25) is 0 Å². The average molecular weight is 224 g/mol. The summed E-state index contributed by atoms with van der Waals surface area (Å²) in [6.07, 6.45) is 0.425. The van der Waals surface area contributed by atoms with E-state index in [9.17, 15) is 5.11 Å². The third-order valence-electron chi connectivity index (χ3n) is 2.54. The van der Waals surface area contributed by atoms with Gasteiger partial charge in [-0.15, -0.1) is 0 Å². The Bertz CT molecular complexity index is 295. The van der Waals surface area contributed by atoms with E-state index >= 15 is 0 Å². The number of ether oxygens (including phenoxy) is 2. The van der Waals surface area contributed by atoms with Crippen molar-refractivity contribution in [3.8, 4) is 5.75 Å². The summed E-state index contributed by atoms with van der Waals surface area (Å²) in [5.74, 6) is 0.802. The van der Waals surface area contributed by atoms with Gasteiger partial charge in [0, 0.05) is 7.11 Å². The van der Waals surface area contributed by atoms with Gasteiger partial charge in [-0.25, -0.2) is 0 Å². The lowest BCUT2D eigenvalue weighted by molar-refractivity contribution is 0.0716. The van der Waals surface area contributed by atoms with Crippen molar-refractivity contribution >= 4 is 0 Å². The van der Waals surface area contributed by atoms with Crippen molar-refractivity contribution in [1.29, 1.82) is 0 Å². The summed E-state index contributed by atoms with van der Waals surface area (Å²) >= 11 is 0. The first-order valence-electron chi connectivity index (χ1n) is 5.61. The molecule has 90 valence electrons. The topological polar surface area (TPSA) is 38.7 Å². The Kier molecular flexibility index (Phi) is 5.29. The summed E-state index contributed by atoms with van der Waals surface area (Å²) in [6.45, 7) is 4.44. The first-order chi connectivity index (χ1) is 7.67. The van der Waals surface area contributed by atoms with Crippen molar-refractivity contribution in [1.82, 2.24) is 0 Å². The third-order valence-corrected chi connectivity index (χ3v) is 2.54. The van der Waals surface area contributed by atoms with Crippen molar-refractivity contribution in [2.24, 2.45) is 0 Å². The van der Waals surface area contributed by atoms with Crippen LogP contribution in [0.4, 0.5) is 0 Å². The van der Waals surface area contributed by atoms with Gasteiger partial charge in [0.1, 0.15) is 12.4 Å². The minimum atomic E-state index is -0.382. The Hall–Kier alpha value is -1.06. The van der Waals surface area contributed by atoms with Gasteiger partial charge in [0.05, 0.1) is 12.2 Å². The maximum atomic E-state index is 9.62. The molecule has 0 aliphatic heterocycles. The minimum Gasteiger partial charge on any atom is -0.491 e. The lowest BCUT2D eigenvalue weighted by Crippen LogP contribution is -2.15. The standard InChI is InChI=1S/C13H20O3/c1-4-13(14)11-5-7-12(8-6-11)16-9-10(2)15-3/h5-8,10,13-14H,4,9H2,1-3H3/t10?,13-/m1/s1.